The summed E-state index contributed by atoms with van der Waals surface area (Å²) in [6, 6.07) is 18.8. The second kappa shape index (κ2) is 8.86. The standard InChI is InChI=1S/C26H25N3O4/c30-21-14-16-28-24(25(21)31)26(32)27-15-8-1-2-9-17-33-22-13-7-6-12-20(22)23(29(28)18-27)19-10-4-3-5-11-19/h2-7,9-14,16,23,31H,1,8,15,17-18H2/b9-2+. The van der Waals surface area contributed by atoms with E-state index in [0.717, 1.165) is 29.7 Å². The molecule has 3 heterocycles. The number of aromatic nitrogens is 1. The second-order valence-electron chi connectivity index (χ2n) is 8.15. The lowest BCUT2D eigenvalue weighted by molar-refractivity contribution is 0.0678. The second-order valence-corrected chi connectivity index (χ2v) is 8.15. The lowest BCUT2D eigenvalue weighted by atomic mass is 9.97. The maximum absolute atomic E-state index is 13.3. The fourth-order valence-electron chi connectivity index (χ4n) is 4.47. The third-order valence-corrected chi connectivity index (χ3v) is 6.06. The summed E-state index contributed by atoms with van der Waals surface area (Å²) in [5.41, 5.74) is 1.34. The van der Waals surface area contributed by atoms with Crippen molar-refractivity contribution in [3.8, 4) is 11.5 Å². The van der Waals surface area contributed by atoms with Gasteiger partial charge in [0, 0.05) is 24.4 Å². The molecule has 3 aromatic rings. The summed E-state index contributed by atoms with van der Waals surface area (Å²) in [5, 5.41) is 12.6. The number of benzene rings is 2. The molecule has 0 spiro atoms. The number of amides is 1. The van der Waals surface area contributed by atoms with Crippen LogP contribution in [0.3, 0.4) is 0 Å². The van der Waals surface area contributed by atoms with E-state index in [1.54, 1.807) is 15.8 Å². The first-order valence-electron chi connectivity index (χ1n) is 11.1. The Balaban J connectivity index is 1.76. The number of allylic oxidation sites excluding steroid dienone is 1. The molecular formula is C26H25N3O4. The lowest BCUT2D eigenvalue weighted by Gasteiger charge is -2.44. The molecule has 7 nitrogen and oxygen atoms in total. The van der Waals surface area contributed by atoms with Gasteiger partial charge in [0.2, 0.25) is 5.43 Å². The van der Waals surface area contributed by atoms with Crippen LogP contribution in [-0.2, 0) is 0 Å². The number of rotatable bonds is 1. The molecule has 0 radical (unpaired) electrons. The van der Waals surface area contributed by atoms with Gasteiger partial charge in [-0.3, -0.25) is 19.3 Å². The normalized spacial score (nSPS) is 19.3. The zero-order chi connectivity index (χ0) is 22.8. The number of carbonyl (C=O) groups is 1. The highest BCUT2D eigenvalue weighted by molar-refractivity contribution is 5.96. The zero-order valence-electron chi connectivity index (χ0n) is 18.1. The lowest BCUT2D eigenvalue weighted by Crippen LogP contribution is -2.55. The summed E-state index contributed by atoms with van der Waals surface area (Å²) < 4.78 is 7.75. The molecule has 0 saturated carbocycles. The Labute approximate surface area is 191 Å². The number of aromatic hydroxyl groups is 1. The van der Waals surface area contributed by atoms with E-state index in [1.807, 2.05) is 65.7 Å². The van der Waals surface area contributed by atoms with Crippen LogP contribution < -0.4 is 15.2 Å². The molecule has 2 aromatic carbocycles. The van der Waals surface area contributed by atoms with Crippen molar-refractivity contribution in [1.82, 2.24) is 9.58 Å². The SMILES string of the molecule is O=C1c2c(O)c(=O)ccn2N2CN1CCC/C=C/COc1ccccc1C2c1ccccc1. The maximum atomic E-state index is 13.3. The monoisotopic (exact) mass is 443 g/mol. The first kappa shape index (κ1) is 20.9. The Morgan fingerprint density at radius 3 is 2.58 bits per heavy atom. The van der Waals surface area contributed by atoms with Gasteiger partial charge in [-0.2, -0.15) is 0 Å². The van der Waals surface area contributed by atoms with Crippen LogP contribution in [0, 0.1) is 0 Å². The van der Waals surface area contributed by atoms with Crippen molar-refractivity contribution in [2.45, 2.75) is 18.9 Å². The number of para-hydroxylation sites is 1. The molecule has 1 aromatic heterocycles. The quantitative estimate of drug-likeness (QED) is 0.584. The van der Waals surface area contributed by atoms with Crippen LogP contribution in [0.2, 0.25) is 0 Å². The summed E-state index contributed by atoms with van der Waals surface area (Å²) >= 11 is 0. The molecular weight excluding hydrogens is 418 g/mol. The number of fused-ring (bicyclic) bond motifs is 5. The minimum Gasteiger partial charge on any atom is -0.502 e. The van der Waals surface area contributed by atoms with Crippen molar-refractivity contribution in [2.75, 3.05) is 24.8 Å². The summed E-state index contributed by atoms with van der Waals surface area (Å²) in [6.07, 6.45) is 7.17. The Bertz CT molecular complexity index is 1250. The molecule has 0 saturated heterocycles. The molecule has 1 unspecified atom stereocenters. The maximum Gasteiger partial charge on any atom is 0.277 e. The van der Waals surface area contributed by atoms with Crippen molar-refractivity contribution in [3.63, 3.8) is 0 Å². The fourth-order valence-corrected chi connectivity index (χ4v) is 4.47. The van der Waals surface area contributed by atoms with Crippen LogP contribution in [0.1, 0.15) is 40.5 Å². The highest BCUT2D eigenvalue weighted by Crippen LogP contribution is 2.36. The topological polar surface area (TPSA) is 75.0 Å². The van der Waals surface area contributed by atoms with Gasteiger partial charge in [-0.05, 0) is 24.5 Å². The van der Waals surface area contributed by atoms with Gasteiger partial charge in [-0.15, -0.1) is 0 Å². The van der Waals surface area contributed by atoms with Gasteiger partial charge in [-0.1, -0.05) is 60.7 Å². The number of ether oxygens (including phenoxy) is 1. The highest BCUT2D eigenvalue weighted by Gasteiger charge is 2.37. The zero-order valence-corrected chi connectivity index (χ0v) is 18.1. The summed E-state index contributed by atoms with van der Waals surface area (Å²) in [5.74, 6) is -0.139. The number of carbonyl (C=O) groups excluding carboxylic acids is 1. The van der Waals surface area contributed by atoms with E-state index in [1.165, 1.54) is 6.07 Å². The molecule has 0 aliphatic carbocycles. The molecule has 168 valence electrons. The largest absolute Gasteiger partial charge is 0.502 e. The number of nitrogens with zero attached hydrogens (tertiary/aromatic N) is 3. The average Bonchev–Trinajstić information content (AvgIpc) is 2.85. The third-order valence-electron chi connectivity index (χ3n) is 6.06. The Kier molecular flexibility index (Phi) is 5.60. The predicted molar refractivity (Wildman–Crippen MR) is 125 cm³/mol. The Hall–Kier alpha value is -4.00. The molecule has 2 aliphatic heterocycles. The van der Waals surface area contributed by atoms with Crippen molar-refractivity contribution >= 4 is 5.91 Å². The molecule has 1 atom stereocenters. The van der Waals surface area contributed by atoms with E-state index in [2.05, 4.69) is 6.08 Å². The van der Waals surface area contributed by atoms with Gasteiger partial charge in [-0.25, -0.2) is 0 Å². The van der Waals surface area contributed by atoms with E-state index in [0.29, 0.717) is 19.8 Å². The minimum atomic E-state index is -0.572. The smallest absolute Gasteiger partial charge is 0.277 e. The summed E-state index contributed by atoms with van der Waals surface area (Å²) in [6.45, 7) is 1.25. The van der Waals surface area contributed by atoms with Gasteiger partial charge < -0.3 is 14.7 Å². The van der Waals surface area contributed by atoms with E-state index in [4.69, 9.17) is 4.74 Å². The first-order chi connectivity index (χ1) is 16.1. The van der Waals surface area contributed by atoms with Crippen molar-refractivity contribution in [1.29, 1.82) is 0 Å². The number of pyridine rings is 1. The third kappa shape index (κ3) is 3.86. The van der Waals surface area contributed by atoms with E-state index < -0.39 is 11.2 Å². The fraction of sp³-hybridized carbons (Fsp3) is 0.231. The molecule has 2 bridgehead atoms. The van der Waals surface area contributed by atoms with Crippen LogP contribution in [0.5, 0.6) is 11.5 Å². The van der Waals surface area contributed by atoms with Crippen LogP contribution in [0.25, 0.3) is 0 Å². The average molecular weight is 444 g/mol. The van der Waals surface area contributed by atoms with E-state index in [-0.39, 0.29) is 17.6 Å². The van der Waals surface area contributed by atoms with Crippen LogP contribution in [0.4, 0.5) is 0 Å². The van der Waals surface area contributed by atoms with Crippen LogP contribution in [0.15, 0.2) is 83.8 Å². The van der Waals surface area contributed by atoms with Gasteiger partial charge in [0.25, 0.3) is 5.91 Å². The molecule has 1 amide bonds. The van der Waals surface area contributed by atoms with Crippen LogP contribution in [-0.4, -0.2) is 40.4 Å². The van der Waals surface area contributed by atoms with Gasteiger partial charge in [0.1, 0.15) is 25.1 Å². The van der Waals surface area contributed by atoms with Gasteiger partial charge in [0.15, 0.2) is 11.4 Å². The van der Waals surface area contributed by atoms with Crippen molar-refractivity contribution < 1.29 is 14.6 Å². The highest BCUT2D eigenvalue weighted by atomic mass is 16.5. The Morgan fingerprint density at radius 2 is 1.73 bits per heavy atom. The van der Waals surface area contributed by atoms with Crippen molar-refractivity contribution in [2.24, 2.45) is 0 Å². The molecule has 33 heavy (non-hydrogen) atoms. The summed E-state index contributed by atoms with van der Waals surface area (Å²) in [7, 11) is 0. The first-order valence-corrected chi connectivity index (χ1v) is 11.1. The molecule has 7 heteroatoms. The molecule has 2 aliphatic rings. The van der Waals surface area contributed by atoms with E-state index >= 15 is 0 Å². The van der Waals surface area contributed by atoms with Crippen molar-refractivity contribution in [3.05, 3.63) is 106 Å². The van der Waals surface area contributed by atoms with Crippen LogP contribution >= 0.6 is 0 Å². The van der Waals surface area contributed by atoms with Gasteiger partial charge >= 0.3 is 0 Å². The molecule has 5 rings (SSSR count). The summed E-state index contributed by atoms with van der Waals surface area (Å²) in [4.78, 5) is 27.3. The number of hydrogen-bond acceptors (Lipinski definition) is 5. The predicted octanol–water partition coefficient (Wildman–Crippen LogP) is 3.42. The molecule has 1 N–H and O–H groups in total. The number of hydrogen-bond donors (Lipinski definition) is 1. The van der Waals surface area contributed by atoms with Gasteiger partial charge in [0.05, 0.1) is 0 Å². The minimum absolute atomic E-state index is 0.0153. The van der Waals surface area contributed by atoms with E-state index in [9.17, 15) is 14.7 Å². The molecule has 0 fully saturated rings. The Morgan fingerprint density at radius 1 is 0.939 bits per heavy atom.